The molecule has 2 heterocycles. The van der Waals surface area contributed by atoms with Gasteiger partial charge in [0.1, 0.15) is 0 Å². The summed E-state index contributed by atoms with van der Waals surface area (Å²) in [6.07, 6.45) is 0. The van der Waals surface area contributed by atoms with Gasteiger partial charge in [-0.1, -0.05) is 133 Å². The molecule has 0 spiro atoms. The molecule has 234 valence electrons. The van der Waals surface area contributed by atoms with Crippen LogP contribution in [0.4, 0.5) is 17.1 Å². The lowest BCUT2D eigenvalue weighted by Gasteiger charge is -2.26. The predicted octanol–water partition coefficient (Wildman–Crippen LogP) is 13.3. The zero-order chi connectivity index (χ0) is 33.0. The van der Waals surface area contributed by atoms with Crippen molar-refractivity contribution in [2.24, 2.45) is 0 Å². The molecule has 2 heteroatoms. The molecule has 8 aromatic carbocycles. The molecule has 0 aliphatic carbocycles. The summed E-state index contributed by atoms with van der Waals surface area (Å²) >= 11 is 0. The maximum Gasteiger partial charge on any atom is 0.0620 e. The van der Waals surface area contributed by atoms with Gasteiger partial charge in [0.05, 0.1) is 16.6 Å². The average molecular weight is 637 g/mol. The summed E-state index contributed by atoms with van der Waals surface area (Å²) in [5.74, 6) is 0. The molecule has 0 aliphatic rings. The van der Waals surface area contributed by atoms with E-state index in [0.29, 0.717) is 0 Å². The molecule has 0 bridgehead atoms. The molecule has 0 unspecified atom stereocenters. The fourth-order valence-electron chi connectivity index (χ4n) is 7.73. The van der Waals surface area contributed by atoms with E-state index in [0.717, 1.165) is 17.1 Å². The average Bonchev–Trinajstić information content (AvgIpc) is 3.71. The Morgan fingerprint density at radius 1 is 0.280 bits per heavy atom. The maximum atomic E-state index is 2.44. The van der Waals surface area contributed by atoms with E-state index < -0.39 is 0 Å². The van der Waals surface area contributed by atoms with Crippen molar-refractivity contribution in [1.82, 2.24) is 4.40 Å². The number of benzene rings is 8. The van der Waals surface area contributed by atoms with Crippen LogP contribution in [-0.4, -0.2) is 4.40 Å². The summed E-state index contributed by atoms with van der Waals surface area (Å²) in [5.41, 5.74) is 14.4. The summed E-state index contributed by atoms with van der Waals surface area (Å²) in [6.45, 7) is 0. The Morgan fingerprint density at radius 3 is 1.04 bits per heavy atom. The minimum absolute atomic E-state index is 1.11. The number of hydrogen-bond donors (Lipinski definition) is 0. The summed E-state index contributed by atoms with van der Waals surface area (Å²) in [4.78, 5) is 2.35. The van der Waals surface area contributed by atoms with Crippen LogP contribution in [0, 0.1) is 0 Å². The molecule has 0 radical (unpaired) electrons. The second kappa shape index (κ2) is 11.5. The highest BCUT2D eigenvalue weighted by molar-refractivity contribution is 6.24. The largest absolute Gasteiger partial charge is 0.311 e. The van der Waals surface area contributed by atoms with Crippen molar-refractivity contribution < 1.29 is 0 Å². The Balaban J connectivity index is 1.08. The van der Waals surface area contributed by atoms with Crippen LogP contribution in [0.1, 0.15) is 0 Å². The molecule has 2 nitrogen and oxygen atoms in total. The molecular weight excluding hydrogens is 605 g/mol. The van der Waals surface area contributed by atoms with Gasteiger partial charge in [-0.05, 0) is 94.0 Å². The smallest absolute Gasteiger partial charge is 0.0620 e. The van der Waals surface area contributed by atoms with Gasteiger partial charge in [0.2, 0.25) is 0 Å². The van der Waals surface area contributed by atoms with Gasteiger partial charge < -0.3 is 9.30 Å². The summed E-state index contributed by atoms with van der Waals surface area (Å²) < 4.78 is 2.44. The Hall–Kier alpha value is -6.64. The number of para-hydroxylation sites is 2. The van der Waals surface area contributed by atoms with E-state index in [-0.39, 0.29) is 0 Å². The number of nitrogens with zero attached hydrogens (tertiary/aromatic N) is 2. The molecule has 0 amide bonds. The van der Waals surface area contributed by atoms with Crippen LogP contribution in [0.3, 0.4) is 0 Å². The van der Waals surface area contributed by atoms with Crippen LogP contribution in [0.15, 0.2) is 194 Å². The Morgan fingerprint density at radius 2 is 0.620 bits per heavy atom. The lowest BCUT2D eigenvalue weighted by Crippen LogP contribution is -2.09. The minimum Gasteiger partial charge on any atom is -0.311 e. The highest BCUT2D eigenvalue weighted by Crippen LogP contribution is 2.43. The fourth-order valence-corrected chi connectivity index (χ4v) is 7.73. The first-order valence-corrected chi connectivity index (χ1v) is 17.2. The Kier molecular flexibility index (Phi) is 6.53. The monoisotopic (exact) mass is 636 g/mol. The third kappa shape index (κ3) is 4.57. The minimum atomic E-state index is 1.11. The molecule has 0 fully saturated rings. The van der Waals surface area contributed by atoms with Crippen molar-refractivity contribution in [1.29, 1.82) is 0 Å². The van der Waals surface area contributed by atoms with E-state index in [4.69, 9.17) is 0 Å². The standard InChI is InChI=1S/C48H32N2/c1-3-11-33(12-4-1)35-19-25-39(26-20-35)49(40-27-21-36(22-28-40)34-13-5-2-6-14-34)41-29-23-37(24-30-41)38-31-44-42-15-7-9-17-46(42)50-47-18-10-8-16-43(47)45(32-38)48(44)50/h1-32H. The Bertz CT molecular complexity index is 2590. The Labute approximate surface area is 291 Å². The summed E-state index contributed by atoms with van der Waals surface area (Å²) in [5, 5.41) is 5.18. The van der Waals surface area contributed by atoms with Crippen molar-refractivity contribution in [2.75, 3.05) is 4.90 Å². The van der Waals surface area contributed by atoms with Crippen LogP contribution in [0.25, 0.3) is 71.5 Å². The van der Waals surface area contributed by atoms with Gasteiger partial charge in [-0.25, -0.2) is 0 Å². The summed E-state index contributed by atoms with van der Waals surface area (Å²) in [7, 11) is 0. The molecule has 10 rings (SSSR count). The molecule has 0 N–H and O–H groups in total. The molecule has 0 saturated heterocycles. The van der Waals surface area contributed by atoms with Gasteiger partial charge in [0.25, 0.3) is 0 Å². The molecule has 10 aromatic rings. The molecular formula is C48H32N2. The van der Waals surface area contributed by atoms with Crippen molar-refractivity contribution >= 4 is 55.2 Å². The van der Waals surface area contributed by atoms with Crippen LogP contribution in [0.2, 0.25) is 0 Å². The zero-order valence-corrected chi connectivity index (χ0v) is 27.4. The first-order valence-electron chi connectivity index (χ1n) is 17.2. The normalized spacial score (nSPS) is 11.6. The lowest BCUT2D eigenvalue weighted by atomic mass is 9.99. The van der Waals surface area contributed by atoms with E-state index in [1.165, 1.54) is 71.5 Å². The number of fused-ring (bicyclic) bond motifs is 6. The SMILES string of the molecule is c1ccc(-c2ccc(N(c3ccc(-c4ccccc4)cc3)c3ccc(-c4cc5c6ccccc6n6c7ccccc7c(c4)c56)cc3)cc2)cc1. The highest BCUT2D eigenvalue weighted by atomic mass is 15.1. The van der Waals surface area contributed by atoms with Gasteiger partial charge in [-0.3, -0.25) is 0 Å². The van der Waals surface area contributed by atoms with Crippen molar-refractivity contribution in [3.05, 3.63) is 194 Å². The van der Waals surface area contributed by atoms with Gasteiger partial charge >= 0.3 is 0 Å². The van der Waals surface area contributed by atoms with Crippen molar-refractivity contribution in [3.8, 4) is 33.4 Å². The van der Waals surface area contributed by atoms with Crippen LogP contribution >= 0.6 is 0 Å². The summed E-state index contributed by atoms with van der Waals surface area (Å²) in [6, 6.07) is 70.3. The van der Waals surface area contributed by atoms with E-state index >= 15 is 0 Å². The topological polar surface area (TPSA) is 7.65 Å². The number of anilines is 3. The quantitative estimate of drug-likeness (QED) is 0.176. The fraction of sp³-hybridized carbons (Fsp3) is 0. The molecule has 0 aliphatic heterocycles. The molecule has 0 atom stereocenters. The van der Waals surface area contributed by atoms with Crippen LogP contribution < -0.4 is 4.90 Å². The predicted molar refractivity (Wildman–Crippen MR) is 212 cm³/mol. The maximum absolute atomic E-state index is 2.44. The second-order valence-electron chi connectivity index (χ2n) is 13.0. The van der Waals surface area contributed by atoms with Gasteiger partial charge in [0.15, 0.2) is 0 Å². The second-order valence-corrected chi connectivity index (χ2v) is 13.0. The van der Waals surface area contributed by atoms with Crippen LogP contribution in [0.5, 0.6) is 0 Å². The first kappa shape index (κ1) is 28.4. The molecule has 50 heavy (non-hydrogen) atoms. The number of aromatic nitrogens is 1. The van der Waals surface area contributed by atoms with E-state index in [9.17, 15) is 0 Å². The van der Waals surface area contributed by atoms with Gasteiger partial charge in [0, 0.05) is 38.6 Å². The third-order valence-corrected chi connectivity index (χ3v) is 10.1. The molecule has 2 aromatic heterocycles. The van der Waals surface area contributed by atoms with Gasteiger partial charge in [-0.2, -0.15) is 0 Å². The zero-order valence-electron chi connectivity index (χ0n) is 27.4. The molecule has 0 saturated carbocycles. The van der Waals surface area contributed by atoms with Crippen molar-refractivity contribution in [2.45, 2.75) is 0 Å². The van der Waals surface area contributed by atoms with E-state index in [2.05, 4.69) is 203 Å². The van der Waals surface area contributed by atoms with E-state index in [1.54, 1.807) is 0 Å². The lowest BCUT2D eigenvalue weighted by molar-refractivity contribution is 1.28. The van der Waals surface area contributed by atoms with E-state index in [1.807, 2.05) is 0 Å². The first-order chi connectivity index (χ1) is 24.8. The van der Waals surface area contributed by atoms with Gasteiger partial charge in [-0.15, -0.1) is 0 Å². The number of rotatable bonds is 6. The highest BCUT2D eigenvalue weighted by Gasteiger charge is 2.19. The van der Waals surface area contributed by atoms with Crippen LogP contribution in [-0.2, 0) is 0 Å². The van der Waals surface area contributed by atoms with Crippen molar-refractivity contribution in [3.63, 3.8) is 0 Å². The number of hydrogen-bond acceptors (Lipinski definition) is 1. The third-order valence-electron chi connectivity index (χ3n) is 10.1.